The lowest BCUT2D eigenvalue weighted by Gasteiger charge is -2.36. The molecule has 0 amide bonds. The number of thiazole rings is 1. The molecule has 6 heteroatoms. The molecule has 25 heavy (non-hydrogen) atoms. The van der Waals surface area contributed by atoms with Crippen molar-refractivity contribution in [3.63, 3.8) is 0 Å². The summed E-state index contributed by atoms with van der Waals surface area (Å²) >= 11 is 3.56. The number of rotatable bonds is 4. The number of methoxy groups -OCH3 is 1. The third-order valence-corrected chi connectivity index (χ3v) is 6.42. The summed E-state index contributed by atoms with van der Waals surface area (Å²) < 4.78 is 6.78. The number of hydrogen-bond acceptors (Lipinski definition) is 6. The predicted octanol–water partition coefficient (Wildman–Crippen LogP) is 4.35. The average Bonchev–Trinajstić information content (AvgIpc) is 3.12. The van der Waals surface area contributed by atoms with Gasteiger partial charge in [-0.1, -0.05) is 29.5 Å². The Morgan fingerprint density at radius 3 is 2.52 bits per heavy atom. The van der Waals surface area contributed by atoms with Crippen LogP contribution >= 0.6 is 23.1 Å². The lowest BCUT2D eigenvalue weighted by Crippen LogP contribution is -2.46. The molecule has 1 aliphatic heterocycles. The topological polar surface area (TPSA) is 28.6 Å². The summed E-state index contributed by atoms with van der Waals surface area (Å²) in [4.78, 5) is 11.0. The first-order valence-electron chi connectivity index (χ1n) is 8.36. The molecule has 0 N–H and O–H groups in total. The molecule has 4 nitrogen and oxygen atoms in total. The third-order valence-electron chi connectivity index (χ3n) is 4.57. The molecule has 2 heterocycles. The smallest absolute Gasteiger partial charge is 0.186 e. The van der Waals surface area contributed by atoms with E-state index in [0.29, 0.717) is 0 Å². The first kappa shape index (κ1) is 16.5. The summed E-state index contributed by atoms with van der Waals surface area (Å²) in [5.41, 5.74) is 2.32. The Kier molecular flexibility index (Phi) is 4.72. The molecule has 1 aliphatic rings. The minimum atomic E-state index is 0.945. The third kappa shape index (κ3) is 3.16. The number of hydrogen-bond donors (Lipinski definition) is 0. The van der Waals surface area contributed by atoms with Crippen molar-refractivity contribution in [1.82, 2.24) is 4.98 Å². The second-order valence-electron chi connectivity index (χ2n) is 5.95. The quantitative estimate of drug-likeness (QED) is 0.636. The van der Waals surface area contributed by atoms with Crippen LogP contribution < -0.4 is 14.5 Å². The summed E-state index contributed by atoms with van der Waals surface area (Å²) in [6, 6.07) is 14.7. The number of thioether (sulfide) groups is 1. The van der Waals surface area contributed by atoms with Crippen molar-refractivity contribution in [2.24, 2.45) is 0 Å². The van der Waals surface area contributed by atoms with Gasteiger partial charge < -0.3 is 14.5 Å². The maximum absolute atomic E-state index is 5.51. The van der Waals surface area contributed by atoms with Crippen LogP contribution in [0.1, 0.15) is 0 Å². The molecule has 2 aromatic carbocycles. The van der Waals surface area contributed by atoms with E-state index in [1.807, 2.05) is 12.1 Å². The molecule has 4 rings (SSSR count). The fourth-order valence-electron chi connectivity index (χ4n) is 3.24. The monoisotopic (exact) mass is 371 g/mol. The predicted molar refractivity (Wildman–Crippen MR) is 109 cm³/mol. The van der Waals surface area contributed by atoms with Crippen molar-refractivity contribution in [3.05, 3.63) is 42.5 Å². The second kappa shape index (κ2) is 7.14. The lowest BCUT2D eigenvalue weighted by molar-refractivity contribution is 0.413. The van der Waals surface area contributed by atoms with Gasteiger partial charge in [-0.3, -0.25) is 0 Å². The summed E-state index contributed by atoms with van der Waals surface area (Å²) in [5, 5.41) is 1.14. The molecule has 1 saturated heterocycles. The van der Waals surface area contributed by atoms with Crippen LogP contribution in [0.4, 0.5) is 10.8 Å². The SMILES string of the molecule is COc1ccccc1N1CCN(c2nc3c(SC)cccc3s2)CC1. The number of para-hydroxylation sites is 3. The van der Waals surface area contributed by atoms with E-state index in [1.54, 1.807) is 30.2 Å². The Bertz CT molecular complexity index is 872. The van der Waals surface area contributed by atoms with Crippen molar-refractivity contribution < 1.29 is 4.74 Å². The van der Waals surface area contributed by atoms with Gasteiger partial charge in [-0.25, -0.2) is 4.98 Å². The van der Waals surface area contributed by atoms with Gasteiger partial charge in [0.05, 0.1) is 23.0 Å². The van der Waals surface area contributed by atoms with E-state index in [2.05, 4.69) is 46.4 Å². The summed E-state index contributed by atoms with van der Waals surface area (Å²) in [6.07, 6.45) is 2.11. The molecule has 1 fully saturated rings. The van der Waals surface area contributed by atoms with Crippen molar-refractivity contribution in [2.75, 3.05) is 49.3 Å². The summed E-state index contributed by atoms with van der Waals surface area (Å²) in [6.45, 7) is 3.91. The Labute approximate surface area is 156 Å². The highest BCUT2D eigenvalue weighted by Gasteiger charge is 2.22. The Balaban J connectivity index is 1.52. The molecule has 0 saturated carbocycles. The van der Waals surface area contributed by atoms with E-state index < -0.39 is 0 Å². The standard InChI is InChI=1S/C19H21N3OS2/c1-23-15-7-4-3-6-14(15)21-10-12-22(13-11-21)19-20-18-16(24-2)8-5-9-17(18)25-19/h3-9H,10-13H2,1-2H3. The van der Waals surface area contributed by atoms with Crippen molar-refractivity contribution in [2.45, 2.75) is 4.90 Å². The Hall–Kier alpha value is -1.92. The van der Waals surface area contributed by atoms with Gasteiger partial charge in [0.1, 0.15) is 5.75 Å². The minimum Gasteiger partial charge on any atom is -0.495 e. The molecule has 3 aromatic rings. The highest BCUT2D eigenvalue weighted by Crippen LogP contribution is 2.35. The first-order chi connectivity index (χ1) is 12.3. The van der Waals surface area contributed by atoms with Crippen LogP contribution in [0.5, 0.6) is 5.75 Å². The van der Waals surface area contributed by atoms with Gasteiger partial charge in [0.15, 0.2) is 5.13 Å². The van der Waals surface area contributed by atoms with Gasteiger partial charge in [-0.15, -0.1) is 11.8 Å². The molecule has 0 atom stereocenters. The molecule has 0 spiro atoms. The molecule has 1 aromatic heterocycles. The highest BCUT2D eigenvalue weighted by molar-refractivity contribution is 7.98. The molecule has 0 bridgehead atoms. The first-order valence-corrected chi connectivity index (χ1v) is 10.4. The van der Waals surface area contributed by atoms with E-state index in [4.69, 9.17) is 9.72 Å². The second-order valence-corrected chi connectivity index (χ2v) is 7.81. The Morgan fingerprint density at radius 1 is 1.00 bits per heavy atom. The number of piperazine rings is 1. The van der Waals surface area contributed by atoms with Crippen LogP contribution in [0.25, 0.3) is 10.2 Å². The molecular weight excluding hydrogens is 350 g/mol. The molecule has 0 aliphatic carbocycles. The molecular formula is C19H21N3OS2. The number of anilines is 2. The van der Waals surface area contributed by atoms with E-state index >= 15 is 0 Å². The van der Waals surface area contributed by atoms with Crippen LogP contribution in [0.15, 0.2) is 47.4 Å². The highest BCUT2D eigenvalue weighted by atomic mass is 32.2. The van der Waals surface area contributed by atoms with Crippen molar-refractivity contribution in [3.8, 4) is 5.75 Å². The number of nitrogens with zero attached hydrogens (tertiary/aromatic N) is 3. The zero-order valence-electron chi connectivity index (χ0n) is 14.4. The van der Waals surface area contributed by atoms with Crippen molar-refractivity contribution in [1.29, 1.82) is 0 Å². The zero-order chi connectivity index (χ0) is 17.2. The van der Waals surface area contributed by atoms with Gasteiger partial charge in [0, 0.05) is 31.1 Å². The van der Waals surface area contributed by atoms with Gasteiger partial charge in [-0.05, 0) is 30.5 Å². The number of aromatic nitrogens is 1. The van der Waals surface area contributed by atoms with Gasteiger partial charge in [0.25, 0.3) is 0 Å². The minimum absolute atomic E-state index is 0.945. The maximum atomic E-state index is 5.51. The van der Waals surface area contributed by atoms with E-state index in [-0.39, 0.29) is 0 Å². The summed E-state index contributed by atoms with van der Waals surface area (Å²) in [7, 11) is 1.74. The van der Waals surface area contributed by atoms with Gasteiger partial charge in [-0.2, -0.15) is 0 Å². The van der Waals surface area contributed by atoms with Crippen LogP contribution in [0, 0.1) is 0 Å². The molecule has 130 valence electrons. The largest absolute Gasteiger partial charge is 0.495 e. The zero-order valence-corrected chi connectivity index (χ0v) is 16.1. The maximum Gasteiger partial charge on any atom is 0.186 e. The fraction of sp³-hybridized carbons (Fsp3) is 0.316. The van der Waals surface area contributed by atoms with E-state index in [0.717, 1.165) is 42.6 Å². The van der Waals surface area contributed by atoms with Crippen LogP contribution in [-0.4, -0.2) is 44.5 Å². The van der Waals surface area contributed by atoms with Gasteiger partial charge >= 0.3 is 0 Å². The lowest BCUT2D eigenvalue weighted by atomic mass is 10.2. The van der Waals surface area contributed by atoms with Gasteiger partial charge in [0.2, 0.25) is 0 Å². The number of ether oxygens (including phenoxy) is 1. The molecule has 0 radical (unpaired) electrons. The van der Waals surface area contributed by atoms with E-state index in [1.165, 1.54) is 15.3 Å². The Morgan fingerprint density at radius 2 is 1.76 bits per heavy atom. The normalized spacial score (nSPS) is 15.0. The number of benzene rings is 2. The van der Waals surface area contributed by atoms with E-state index in [9.17, 15) is 0 Å². The molecule has 0 unspecified atom stereocenters. The van der Waals surface area contributed by atoms with Crippen molar-refractivity contribution >= 4 is 44.1 Å². The van der Waals surface area contributed by atoms with Crippen LogP contribution in [0.3, 0.4) is 0 Å². The number of fused-ring (bicyclic) bond motifs is 1. The van der Waals surface area contributed by atoms with Crippen LogP contribution in [0.2, 0.25) is 0 Å². The fourth-order valence-corrected chi connectivity index (χ4v) is 4.91. The van der Waals surface area contributed by atoms with Crippen LogP contribution in [-0.2, 0) is 0 Å². The average molecular weight is 372 g/mol. The summed E-state index contributed by atoms with van der Waals surface area (Å²) in [5.74, 6) is 0.945.